The standard InChI is InChI=1S/C14H17NO4/c1-18-12(16)14(13(17)19-2)9-15-8-11(14)10-6-4-3-5-7-10/h3-7,11,15H,8-9H2,1-2H3. The van der Waals surface area contributed by atoms with Gasteiger partial charge in [-0.05, 0) is 5.56 Å². The van der Waals surface area contributed by atoms with E-state index in [1.54, 1.807) is 0 Å². The number of benzene rings is 1. The fourth-order valence-corrected chi connectivity index (χ4v) is 2.68. The Hall–Kier alpha value is -1.88. The summed E-state index contributed by atoms with van der Waals surface area (Å²) in [6.45, 7) is 0.764. The van der Waals surface area contributed by atoms with Crippen LogP contribution in [0.3, 0.4) is 0 Å². The molecule has 1 aromatic carbocycles. The van der Waals surface area contributed by atoms with Crippen LogP contribution in [0, 0.1) is 5.41 Å². The number of carbonyl (C=O) groups is 2. The molecule has 102 valence electrons. The summed E-state index contributed by atoms with van der Waals surface area (Å²) >= 11 is 0. The quantitative estimate of drug-likeness (QED) is 0.642. The third-order valence-corrected chi connectivity index (χ3v) is 3.65. The van der Waals surface area contributed by atoms with E-state index in [4.69, 9.17) is 9.47 Å². The summed E-state index contributed by atoms with van der Waals surface area (Å²) in [5, 5.41) is 3.09. The van der Waals surface area contributed by atoms with Crippen molar-refractivity contribution in [3.05, 3.63) is 35.9 Å². The van der Waals surface area contributed by atoms with Crippen molar-refractivity contribution in [3.8, 4) is 0 Å². The van der Waals surface area contributed by atoms with Crippen molar-refractivity contribution in [2.45, 2.75) is 5.92 Å². The lowest BCUT2D eigenvalue weighted by Crippen LogP contribution is -2.46. The van der Waals surface area contributed by atoms with Gasteiger partial charge in [0.05, 0.1) is 14.2 Å². The predicted octanol–water partition coefficient (Wildman–Crippen LogP) is 0.706. The molecular formula is C14H17NO4. The molecule has 5 nitrogen and oxygen atoms in total. The van der Waals surface area contributed by atoms with Crippen molar-refractivity contribution in [3.63, 3.8) is 0 Å². The Balaban J connectivity index is 2.47. The van der Waals surface area contributed by atoms with Crippen LogP contribution in [-0.2, 0) is 19.1 Å². The van der Waals surface area contributed by atoms with E-state index in [1.165, 1.54) is 14.2 Å². The van der Waals surface area contributed by atoms with Crippen LogP contribution in [0.15, 0.2) is 30.3 Å². The zero-order valence-corrected chi connectivity index (χ0v) is 11.0. The van der Waals surface area contributed by atoms with Gasteiger partial charge in [0.25, 0.3) is 0 Å². The molecule has 19 heavy (non-hydrogen) atoms. The van der Waals surface area contributed by atoms with Gasteiger partial charge >= 0.3 is 11.9 Å². The van der Waals surface area contributed by atoms with Crippen LogP contribution >= 0.6 is 0 Å². The first-order chi connectivity index (χ1) is 9.16. The monoisotopic (exact) mass is 263 g/mol. The molecule has 0 bridgehead atoms. The fourth-order valence-electron chi connectivity index (χ4n) is 2.68. The van der Waals surface area contributed by atoms with E-state index in [1.807, 2.05) is 30.3 Å². The van der Waals surface area contributed by atoms with Gasteiger partial charge in [-0.3, -0.25) is 9.59 Å². The predicted molar refractivity (Wildman–Crippen MR) is 68.5 cm³/mol. The SMILES string of the molecule is COC(=O)C1(C(=O)OC)CNCC1c1ccccc1. The Morgan fingerprint density at radius 2 is 1.74 bits per heavy atom. The highest BCUT2D eigenvalue weighted by Gasteiger charge is 2.57. The van der Waals surface area contributed by atoms with Gasteiger partial charge in [-0.15, -0.1) is 0 Å². The number of hydrogen-bond donors (Lipinski definition) is 1. The molecule has 1 saturated heterocycles. The van der Waals surface area contributed by atoms with E-state index in [2.05, 4.69) is 5.32 Å². The summed E-state index contributed by atoms with van der Waals surface area (Å²) in [5.74, 6) is -1.40. The molecule has 0 spiro atoms. The van der Waals surface area contributed by atoms with Gasteiger partial charge in [-0.2, -0.15) is 0 Å². The third kappa shape index (κ3) is 2.10. The van der Waals surface area contributed by atoms with Crippen molar-refractivity contribution < 1.29 is 19.1 Å². The van der Waals surface area contributed by atoms with E-state index >= 15 is 0 Å². The second-order valence-electron chi connectivity index (χ2n) is 4.55. The second kappa shape index (κ2) is 5.40. The highest BCUT2D eigenvalue weighted by molar-refractivity contribution is 6.02. The van der Waals surface area contributed by atoms with Gasteiger partial charge < -0.3 is 14.8 Å². The lowest BCUT2D eigenvalue weighted by molar-refractivity contribution is -0.168. The summed E-state index contributed by atoms with van der Waals surface area (Å²) in [6.07, 6.45) is 0. The average molecular weight is 263 g/mol. The first kappa shape index (κ1) is 13.5. The average Bonchev–Trinajstić information content (AvgIpc) is 2.92. The van der Waals surface area contributed by atoms with Gasteiger partial charge in [0.1, 0.15) is 0 Å². The number of ether oxygens (including phenoxy) is 2. The number of nitrogens with one attached hydrogen (secondary N) is 1. The van der Waals surface area contributed by atoms with Crippen LogP contribution < -0.4 is 5.32 Å². The molecular weight excluding hydrogens is 246 g/mol. The topological polar surface area (TPSA) is 64.6 Å². The maximum absolute atomic E-state index is 12.2. The maximum atomic E-state index is 12.2. The van der Waals surface area contributed by atoms with E-state index in [0.717, 1.165) is 5.56 Å². The molecule has 0 aliphatic carbocycles. The molecule has 1 atom stereocenters. The highest BCUT2D eigenvalue weighted by Crippen LogP contribution is 2.41. The molecule has 0 radical (unpaired) electrons. The van der Waals surface area contributed by atoms with Crippen molar-refractivity contribution in [1.82, 2.24) is 5.32 Å². The van der Waals surface area contributed by atoms with E-state index in [-0.39, 0.29) is 12.5 Å². The molecule has 2 rings (SSSR count). The van der Waals surface area contributed by atoms with Crippen LogP contribution in [0.25, 0.3) is 0 Å². The fraction of sp³-hybridized carbons (Fsp3) is 0.429. The van der Waals surface area contributed by atoms with E-state index in [9.17, 15) is 9.59 Å². The van der Waals surface area contributed by atoms with Crippen molar-refractivity contribution in [2.75, 3.05) is 27.3 Å². The molecule has 0 aromatic heterocycles. The lowest BCUT2D eigenvalue weighted by atomic mass is 9.74. The van der Waals surface area contributed by atoms with E-state index < -0.39 is 17.4 Å². The molecule has 1 fully saturated rings. The van der Waals surface area contributed by atoms with Crippen molar-refractivity contribution >= 4 is 11.9 Å². The van der Waals surface area contributed by atoms with Gasteiger partial charge in [0.15, 0.2) is 5.41 Å². The Morgan fingerprint density at radius 1 is 1.16 bits per heavy atom. The molecule has 1 aromatic rings. The zero-order chi connectivity index (χ0) is 13.9. The van der Waals surface area contributed by atoms with Crippen LogP contribution in [0.5, 0.6) is 0 Å². The maximum Gasteiger partial charge on any atom is 0.325 e. The number of methoxy groups -OCH3 is 2. The smallest absolute Gasteiger partial charge is 0.325 e. The van der Waals surface area contributed by atoms with E-state index in [0.29, 0.717) is 6.54 Å². The minimum absolute atomic E-state index is 0.228. The van der Waals surface area contributed by atoms with Crippen molar-refractivity contribution in [2.24, 2.45) is 5.41 Å². The third-order valence-electron chi connectivity index (χ3n) is 3.65. The number of esters is 2. The lowest BCUT2D eigenvalue weighted by Gasteiger charge is -2.29. The summed E-state index contributed by atoms with van der Waals surface area (Å²) in [7, 11) is 2.57. The van der Waals surface area contributed by atoms with Gasteiger partial charge in [-0.1, -0.05) is 30.3 Å². The number of carbonyl (C=O) groups excluding carboxylic acids is 2. The Bertz CT molecular complexity index is 456. The van der Waals surface area contributed by atoms with Crippen LogP contribution in [0.2, 0.25) is 0 Å². The van der Waals surface area contributed by atoms with Gasteiger partial charge in [0, 0.05) is 19.0 Å². The molecule has 1 heterocycles. The summed E-state index contributed by atoms with van der Waals surface area (Å²) in [5.41, 5.74) is -0.381. The molecule has 1 unspecified atom stereocenters. The first-order valence-corrected chi connectivity index (χ1v) is 6.09. The van der Waals surface area contributed by atoms with Crippen LogP contribution in [0.4, 0.5) is 0 Å². The Kier molecular flexibility index (Phi) is 3.85. The minimum Gasteiger partial charge on any atom is -0.468 e. The first-order valence-electron chi connectivity index (χ1n) is 6.09. The molecule has 1 aliphatic rings. The summed E-state index contributed by atoms with van der Waals surface area (Å²) < 4.78 is 9.66. The molecule has 1 aliphatic heterocycles. The summed E-state index contributed by atoms with van der Waals surface area (Å²) in [4.78, 5) is 24.3. The highest BCUT2D eigenvalue weighted by atomic mass is 16.5. The Morgan fingerprint density at radius 3 is 2.26 bits per heavy atom. The minimum atomic E-state index is -1.30. The largest absolute Gasteiger partial charge is 0.468 e. The molecule has 0 amide bonds. The van der Waals surface area contributed by atoms with Crippen LogP contribution in [-0.4, -0.2) is 39.2 Å². The Labute approximate surface area is 111 Å². The molecule has 0 saturated carbocycles. The number of rotatable bonds is 3. The molecule has 5 heteroatoms. The zero-order valence-electron chi connectivity index (χ0n) is 11.0. The normalized spacial score (nSPS) is 20.8. The second-order valence-corrected chi connectivity index (χ2v) is 4.55. The molecule has 1 N–H and O–H groups in total. The van der Waals surface area contributed by atoms with Crippen molar-refractivity contribution in [1.29, 1.82) is 0 Å². The van der Waals surface area contributed by atoms with Crippen LogP contribution in [0.1, 0.15) is 11.5 Å². The number of hydrogen-bond acceptors (Lipinski definition) is 5. The summed E-state index contributed by atoms with van der Waals surface area (Å²) in [6, 6.07) is 9.46. The van der Waals surface area contributed by atoms with Gasteiger partial charge in [-0.25, -0.2) is 0 Å². The van der Waals surface area contributed by atoms with Gasteiger partial charge in [0.2, 0.25) is 0 Å².